The van der Waals surface area contributed by atoms with Crippen LogP contribution in [0.4, 0.5) is 52.7 Å². The minimum atomic E-state index is -4.87. The van der Waals surface area contributed by atoms with Gasteiger partial charge < -0.3 is 0 Å². The van der Waals surface area contributed by atoms with Crippen molar-refractivity contribution in [2.24, 2.45) is 0 Å². The average Bonchev–Trinajstić information content (AvgIpc) is 3.76. The van der Waals surface area contributed by atoms with E-state index in [-0.39, 0.29) is 34.1 Å². The van der Waals surface area contributed by atoms with Crippen molar-refractivity contribution in [3.8, 4) is 22.3 Å². The molecule has 6 aromatic carbocycles. The molecule has 0 atom stereocenters. The van der Waals surface area contributed by atoms with Gasteiger partial charge in [0.15, 0.2) is 0 Å². The van der Waals surface area contributed by atoms with Crippen LogP contribution in [0.15, 0.2) is 84.9 Å². The number of fused-ring (bicyclic) bond motifs is 2. The molecule has 6 aromatic rings. The van der Waals surface area contributed by atoms with Crippen molar-refractivity contribution in [3.05, 3.63) is 129 Å². The summed E-state index contributed by atoms with van der Waals surface area (Å²) in [7, 11) is 11.0. The van der Waals surface area contributed by atoms with E-state index in [1.807, 2.05) is 77.9 Å². The molecule has 0 aromatic heterocycles. The van der Waals surface area contributed by atoms with Gasteiger partial charge in [-0.3, -0.25) is 0 Å². The molecule has 0 aliphatic rings. The summed E-state index contributed by atoms with van der Waals surface area (Å²) in [5.41, 5.74) is -1.85. The minimum absolute atomic E-state index is 0.0868. The Morgan fingerprint density at radius 2 is 0.694 bits per heavy atom. The van der Waals surface area contributed by atoms with Gasteiger partial charge in [0.1, 0.15) is 0 Å². The Morgan fingerprint density at radius 1 is 0.452 bits per heavy atom. The molecule has 0 aliphatic carbocycles. The second-order valence-electron chi connectivity index (χ2n) is 16.7. The summed E-state index contributed by atoms with van der Waals surface area (Å²) in [6.07, 6.45) is -19.5. The van der Waals surface area contributed by atoms with Gasteiger partial charge in [-0.05, 0) is 72.2 Å². The van der Waals surface area contributed by atoms with E-state index in [1.54, 1.807) is 26.0 Å². The van der Waals surface area contributed by atoms with Crippen LogP contribution >= 0.6 is 17.0 Å². The fourth-order valence-corrected chi connectivity index (χ4v) is 6.61. The summed E-state index contributed by atoms with van der Waals surface area (Å²) in [5.74, 6) is 0. The zero-order chi connectivity index (χ0) is 47.6. The molecule has 334 valence electrons. The fourth-order valence-electron chi connectivity index (χ4n) is 6.61. The molecule has 62 heavy (non-hydrogen) atoms. The molecule has 16 heteroatoms. The van der Waals surface area contributed by atoms with Gasteiger partial charge in [-0.25, -0.2) is 0 Å². The van der Waals surface area contributed by atoms with Crippen molar-refractivity contribution in [3.63, 3.8) is 0 Å². The SMILES string of the molecule is C[Si]C.Cc1ccc2[cH-]c(C(C)(C)C)cc2c1-c1cc(C(F)(F)F)cc(C(F)(F)F)c1.Cc1ccc2[cH-]c(C(C)(C)C)cc2c1-c1cc(C(F)(F)F)cc(C(F)(F)F)c1.[Cl][Zr+2][Cl]. The maximum absolute atomic E-state index is 13.3. The number of benzene rings is 4. The third-order valence-corrected chi connectivity index (χ3v) is 9.68. The van der Waals surface area contributed by atoms with E-state index >= 15 is 0 Å². The zero-order valence-electron chi connectivity index (χ0n) is 35.4. The van der Waals surface area contributed by atoms with Gasteiger partial charge in [0, 0.05) is 9.52 Å². The number of aryl methyl sites for hydroxylation is 2. The van der Waals surface area contributed by atoms with Crippen LogP contribution < -0.4 is 0 Å². The van der Waals surface area contributed by atoms with Crippen LogP contribution in [-0.2, 0) is 56.4 Å². The van der Waals surface area contributed by atoms with E-state index in [0.717, 1.165) is 55.7 Å². The molecule has 0 heterocycles. The molecule has 2 radical (unpaired) electrons. The van der Waals surface area contributed by atoms with Crippen LogP contribution in [0.5, 0.6) is 0 Å². The Labute approximate surface area is 375 Å². The van der Waals surface area contributed by atoms with E-state index in [4.69, 9.17) is 17.0 Å². The molecule has 6 rings (SSSR count). The van der Waals surface area contributed by atoms with Gasteiger partial charge >= 0.3 is 62.6 Å². The molecule has 0 unspecified atom stereocenters. The van der Waals surface area contributed by atoms with Gasteiger partial charge in [-0.1, -0.05) is 76.9 Å². The molecular weight excluding hydrogens is 971 g/mol. The van der Waals surface area contributed by atoms with E-state index in [1.165, 1.54) is 0 Å². The average molecular weight is 1020 g/mol. The Bertz CT molecular complexity index is 2220. The first kappa shape index (κ1) is 53.3. The summed E-state index contributed by atoms with van der Waals surface area (Å²) >= 11 is -0.826. The van der Waals surface area contributed by atoms with E-state index in [0.29, 0.717) is 33.0 Å². The number of halogens is 14. The third kappa shape index (κ3) is 13.5. The van der Waals surface area contributed by atoms with Crippen molar-refractivity contribution >= 4 is 48.1 Å². The summed E-state index contributed by atoms with van der Waals surface area (Å²) < 4.78 is 159. The molecular formula is C46H44Cl2F12SiZr. The molecule has 0 amide bonds. The number of rotatable bonds is 2. The maximum atomic E-state index is 13.3. The molecule has 0 saturated carbocycles. The quantitative estimate of drug-likeness (QED) is 0.0921. The van der Waals surface area contributed by atoms with Gasteiger partial charge in [0.25, 0.3) is 0 Å². The molecule has 0 fully saturated rings. The second kappa shape index (κ2) is 20.0. The normalized spacial score (nSPS) is 12.5. The molecule has 0 saturated heterocycles. The molecule has 0 nitrogen and oxygen atoms in total. The summed E-state index contributed by atoms with van der Waals surface area (Å²) in [5, 5.41) is 2.88. The number of hydrogen-bond donors (Lipinski definition) is 0. The predicted molar refractivity (Wildman–Crippen MR) is 226 cm³/mol. The number of hydrogen-bond acceptors (Lipinski definition) is 0. The predicted octanol–water partition coefficient (Wildman–Crippen LogP) is 17.9. The van der Waals surface area contributed by atoms with Crippen molar-refractivity contribution in [2.75, 3.05) is 0 Å². The van der Waals surface area contributed by atoms with Crippen molar-refractivity contribution in [2.45, 2.75) is 104 Å². The summed E-state index contributed by atoms with van der Waals surface area (Å²) in [6, 6.07) is 18.2. The molecule has 0 spiro atoms. The van der Waals surface area contributed by atoms with Crippen LogP contribution in [0.1, 0.15) is 86.1 Å². The van der Waals surface area contributed by atoms with Crippen LogP contribution in [-0.4, -0.2) is 9.52 Å². The Morgan fingerprint density at radius 3 is 0.903 bits per heavy atom. The first-order chi connectivity index (χ1) is 28.2. The van der Waals surface area contributed by atoms with Crippen molar-refractivity contribution in [1.82, 2.24) is 0 Å². The summed E-state index contributed by atoms with van der Waals surface area (Å²) in [6.45, 7) is 19.7. The molecule has 0 bridgehead atoms. The zero-order valence-corrected chi connectivity index (χ0v) is 40.3. The van der Waals surface area contributed by atoms with Crippen LogP contribution in [0, 0.1) is 13.8 Å². The first-order valence-corrected chi connectivity index (χ1v) is 27.1. The first-order valence-electron chi connectivity index (χ1n) is 18.7. The van der Waals surface area contributed by atoms with Gasteiger partial charge in [-0.15, -0.1) is 69.1 Å². The van der Waals surface area contributed by atoms with Gasteiger partial charge in [-0.2, -0.15) is 64.8 Å². The van der Waals surface area contributed by atoms with Crippen molar-refractivity contribution < 1.29 is 73.5 Å². The van der Waals surface area contributed by atoms with Crippen molar-refractivity contribution in [1.29, 1.82) is 0 Å². The van der Waals surface area contributed by atoms with Crippen LogP contribution in [0.25, 0.3) is 43.8 Å². The monoisotopic (exact) mass is 1010 g/mol. The second-order valence-corrected chi connectivity index (χ2v) is 21.4. The Balaban J connectivity index is 0.000000293. The Hall–Kier alpha value is -3.06. The van der Waals surface area contributed by atoms with E-state index < -0.39 is 67.8 Å². The van der Waals surface area contributed by atoms with E-state index in [9.17, 15) is 52.7 Å². The Kier molecular flexibility index (Phi) is 17.2. The van der Waals surface area contributed by atoms with Gasteiger partial charge in [0.05, 0.1) is 22.3 Å². The number of alkyl halides is 12. The fraction of sp³-hybridized carbons (Fsp3) is 0.348. The van der Waals surface area contributed by atoms with E-state index in [2.05, 4.69) is 13.1 Å². The molecule has 0 N–H and O–H groups in total. The van der Waals surface area contributed by atoms with Crippen LogP contribution in [0.3, 0.4) is 0 Å². The standard InChI is InChI=1S/2C22H19F6.C2H6Si.2ClH.Zr/c2*1-12-5-6-13-7-15(20(2,3)4)11-18(13)19(12)14-8-16(21(23,24)25)10-17(9-14)22(26,27)28;1-3-2;;;/h2*5-11H,1-4H3;1-2H3;2*1H;/q2*-1;;;;+4/p-2. The van der Waals surface area contributed by atoms with Crippen LogP contribution in [0.2, 0.25) is 13.1 Å². The molecule has 0 aliphatic heterocycles. The third-order valence-electron chi connectivity index (χ3n) is 9.68. The van der Waals surface area contributed by atoms with Gasteiger partial charge in [0.2, 0.25) is 0 Å². The topological polar surface area (TPSA) is 0 Å². The summed E-state index contributed by atoms with van der Waals surface area (Å²) in [4.78, 5) is 0.